The van der Waals surface area contributed by atoms with E-state index in [9.17, 15) is 4.79 Å². The van der Waals surface area contributed by atoms with Gasteiger partial charge in [-0.25, -0.2) is 4.79 Å². The standard InChI is InChI=1S/C10H19NO2/c1-5-6-7-8-11-9(12)13-10(2,3)4/h8H,5-7H2,1-4H3/b11-8+. The second-order valence-electron chi connectivity index (χ2n) is 3.93. The minimum absolute atomic E-state index is 0.445. The van der Waals surface area contributed by atoms with E-state index in [0.717, 1.165) is 19.3 Å². The number of hydrogen-bond donors (Lipinski definition) is 0. The zero-order valence-electron chi connectivity index (χ0n) is 8.96. The maximum Gasteiger partial charge on any atom is 0.433 e. The lowest BCUT2D eigenvalue weighted by Crippen LogP contribution is -2.21. The molecule has 0 atom stereocenters. The maximum absolute atomic E-state index is 11.0. The first-order valence-corrected chi connectivity index (χ1v) is 4.71. The largest absolute Gasteiger partial charge is 0.442 e. The number of aliphatic imine (C=N–C) groups is 1. The van der Waals surface area contributed by atoms with Gasteiger partial charge in [-0.2, -0.15) is 4.99 Å². The second-order valence-corrected chi connectivity index (χ2v) is 3.93. The van der Waals surface area contributed by atoms with Gasteiger partial charge in [0.05, 0.1) is 0 Å². The Labute approximate surface area is 80.2 Å². The zero-order valence-corrected chi connectivity index (χ0v) is 8.96. The molecule has 0 N–H and O–H groups in total. The van der Waals surface area contributed by atoms with Crippen molar-refractivity contribution in [3.05, 3.63) is 0 Å². The highest BCUT2D eigenvalue weighted by atomic mass is 16.6. The summed E-state index contributed by atoms with van der Waals surface area (Å²) < 4.78 is 4.98. The van der Waals surface area contributed by atoms with Crippen molar-refractivity contribution in [1.82, 2.24) is 0 Å². The monoisotopic (exact) mass is 185 g/mol. The van der Waals surface area contributed by atoms with Gasteiger partial charge >= 0.3 is 6.09 Å². The number of hydrogen-bond acceptors (Lipinski definition) is 2. The first-order chi connectivity index (χ1) is 5.95. The minimum Gasteiger partial charge on any atom is -0.442 e. The highest BCUT2D eigenvalue weighted by Crippen LogP contribution is 2.07. The molecule has 0 aliphatic rings. The number of nitrogens with zero attached hydrogens (tertiary/aromatic N) is 1. The van der Waals surface area contributed by atoms with Crippen molar-refractivity contribution in [3.8, 4) is 0 Å². The van der Waals surface area contributed by atoms with Crippen LogP contribution < -0.4 is 0 Å². The molecule has 0 spiro atoms. The molecule has 0 radical (unpaired) electrons. The summed E-state index contributed by atoms with van der Waals surface area (Å²) in [5, 5.41) is 0. The Kier molecular flexibility index (Phi) is 5.35. The van der Waals surface area contributed by atoms with E-state index < -0.39 is 11.7 Å². The van der Waals surface area contributed by atoms with Gasteiger partial charge in [-0.3, -0.25) is 0 Å². The van der Waals surface area contributed by atoms with Gasteiger partial charge in [0, 0.05) is 6.21 Å². The van der Waals surface area contributed by atoms with E-state index in [1.165, 1.54) is 0 Å². The third kappa shape index (κ3) is 9.05. The molecule has 0 saturated carbocycles. The SMILES string of the molecule is CCCC/C=N/C(=O)OC(C)(C)C. The fourth-order valence-electron chi connectivity index (χ4n) is 0.723. The fraction of sp³-hybridized carbons (Fsp3) is 0.800. The van der Waals surface area contributed by atoms with E-state index in [1.807, 2.05) is 20.8 Å². The van der Waals surface area contributed by atoms with Crippen LogP contribution >= 0.6 is 0 Å². The first-order valence-electron chi connectivity index (χ1n) is 4.71. The molecular weight excluding hydrogens is 166 g/mol. The number of carbonyl (C=O) groups excluding carboxylic acids is 1. The molecule has 0 unspecified atom stereocenters. The first kappa shape index (κ1) is 12.1. The lowest BCUT2D eigenvalue weighted by Gasteiger charge is -2.16. The summed E-state index contributed by atoms with van der Waals surface area (Å²) in [6, 6.07) is 0. The zero-order chi connectivity index (χ0) is 10.3. The van der Waals surface area contributed by atoms with Crippen molar-refractivity contribution < 1.29 is 9.53 Å². The highest BCUT2D eigenvalue weighted by molar-refractivity contribution is 5.79. The predicted molar refractivity (Wildman–Crippen MR) is 54.3 cm³/mol. The Morgan fingerprint density at radius 1 is 1.46 bits per heavy atom. The van der Waals surface area contributed by atoms with Crippen molar-refractivity contribution in [2.75, 3.05) is 0 Å². The van der Waals surface area contributed by atoms with E-state index in [0.29, 0.717) is 0 Å². The molecule has 0 heterocycles. The molecule has 0 rings (SSSR count). The summed E-state index contributed by atoms with van der Waals surface area (Å²) >= 11 is 0. The third-order valence-electron chi connectivity index (χ3n) is 1.28. The van der Waals surface area contributed by atoms with Gasteiger partial charge in [-0.1, -0.05) is 13.3 Å². The molecule has 0 aromatic carbocycles. The molecule has 0 aromatic rings. The average molecular weight is 185 g/mol. The van der Waals surface area contributed by atoms with E-state index in [-0.39, 0.29) is 0 Å². The molecule has 76 valence electrons. The topological polar surface area (TPSA) is 38.7 Å². The summed E-state index contributed by atoms with van der Waals surface area (Å²) in [6.07, 6.45) is 4.14. The lowest BCUT2D eigenvalue weighted by atomic mass is 10.2. The van der Waals surface area contributed by atoms with Crippen LogP contribution in [0.4, 0.5) is 4.79 Å². The van der Waals surface area contributed by atoms with Crippen molar-refractivity contribution in [2.24, 2.45) is 4.99 Å². The fourth-order valence-corrected chi connectivity index (χ4v) is 0.723. The highest BCUT2D eigenvalue weighted by Gasteiger charge is 2.14. The maximum atomic E-state index is 11.0. The second kappa shape index (κ2) is 5.73. The van der Waals surface area contributed by atoms with Crippen LogP contribution in [0.25, 0.3) is 0 Å². The van der Waals surface area contributed by atoms with E-state index in [4.69, 9.17) is 4.74 Å². The average Bonchev–Trinajstić information content (AvgIpc) is 1.94. The van der Waals surface area contributed by atoms with Gasteiger partial charge in [-0.05, 0) is 33.6 Å². The van der Waals surface area contributed by atoms with Crippen LogP contribution in [-0.2, 0) is 4.74 Å². The molecule has 3 heteroatoms. The van der Waals surface area contributed by atoms with Crippen LogP contribution in [0, 0.1) is 0 Å². The quantitative estimate of drug-likeness (QED) is 0.500. The Hall–Kier alpha value is -0.860. The molecule has 0 aliphatic heterocycles. The van der Waals surface area contributed by atoms with Gasteiger partial charge in [0.2, 0.25) is 0 Å². The number of ether oxygens (including phenoxy) is 1. The van der Waals surface area contributed by atoms with Gasteiger partial charge in [-0.15, -0.1) is 0 Å². The molecule has 0 bridgehead atoms. The van der Waals surface area contributed by atoms with E-state index >= 15 is 0 Å². The molecule has 13 heavy (non-hydrogen) atoms. The smallest absolute Gasteiger partial charge is 0.433 e. The van der Waals surface area contributed by atoms with Gasteiger partial charge in [0.15, 0.2) is 0 Å². The van der Waals surface area contributed by atoms with Gasteiger partial charge < -0.3 is 4.74 Å². The number of rotatable bonds is 3. The summed E-state index contributed by atoms with van der Waals surface area (Å²) in [4.78, 5) is 14.7. The van der Waals surface area contributed by atoms with Crippen LogP contribution in [-0.4, -0.2) is 17.9 Å². The van der Waals surface area contributed by atoms with Crippen molar-refractivity contribution in [2.45, 2.75) is 52.6 Å². The number of carbonyl (C=O) groups is 1. The molecule has 0 saturated heterocycles. The lowest BCUT2D eigenvalue weighted by molar-refractivity contribution is 0.0605. The summed E-state index contributed by atoms with van der Waals surface area (Å²) in [5.74, 6) is 0. The van der Waals surface area contributed by atoms with Crippen molar-refractivity contribution in [3.63, 3.8) is 0 Å². The number of amides is 1. The molecule has 0 aliphatic carbocycles. The van der Waals surface area contributed by atoms with Crippen molar-refractivity contribution >= 4 is 12.3 Å². The normalized spacial score (nSPS) is 12.0. The molecule has 0 aromatic heterocycles. The van der Waals surface area contributed by atoms with Gasteiger partial charge in [0.1, 0.15) is 5.60 Å². The van der Waals surface area contributed by atoms with Crippen LogP contribution in [0.15, 0.2) is 4.99 Å². The van der Waals surface area contributed by atoms with Crippen LogP contribution in [0.3, 0.4) is 0 Å². The Morgan fingerprint density at radius 2 is 2.08 bits per heavy atom. The Bertz CT molecular complexity index is 180. The Balaban J connectivity index is 3.68. The molecular formula is C10H19NO2. The van der Waals surface area contributed by atoms with E-state index in [2.05, 4.69) is 11.9 Å². The van der Waals surface area contributed by atoms with Crippen molar-refractivity contribution in [1.29, 1.82) is 0 Å². The summed E-state index contributed by atoms with van der Waals surface area (Å²) in [5.41, 5.74) is -0.445. The number of unbranched alkanes of at least 4 members (excludes halogenated alkanes) is 2. The van der Waals surface area contributed by atoms with Crippen LogP contribution in [0.1, 0.15) is 47.0 Å². The molecule has 3 nitrogen and oxygen atoms in total. The van der Waals surface area contributed by atoms with Gasteiger partial charge in [0.25, 0.3) is 0 Å². The summed E-state index contributed by atoms with van der Waals surface area (Å²) in [6.45, 7) is 7.58. The third-order valence-corrected chi connectivity index (χ3v) is 1.28. The van der Waals surface area contributed by atoms with Crippen LogP contribution in [0.5, 0.6) is 0 Å². The van der Waals surface area contributed by atoms with Crippen LogP contribution in [0.2, 0.25) is 0 Å². The van der Waals surface area contributed by atoms with E-state index in [1.54, 1.807) is 6.21 Å². The predicted octanol–water partition coefficient (Wildman–Crippen LogP) is 3.18. The minimum atomic E-state index is -0.497. The Morgan fingerprint density at radius 3 is 2.54 bits per heavy atom. The molecule has 1 amide bonds. The molecule has 0 fully saturated rings. The summed E-state index contributed by atoms with van der Waals surface area (Å²) in [7, 11) is 0.